The van der Waals surface area contributed by atoms with E-state index in [4.69, 9.17) is 4.74 Å². The molecular weight excluding hydrogens is 694 g/mol. The number of hydrogen-bond donors (Lipinski definition) is 3. The van der Waals surface area contributed by atoms with Gasteiger partial charge in [-0.25, -0.2) is 13.6 Å². The van der Waals surface area contributed by atoms with Crippen molar-refractivity contribution in [3.05, 3.63) is 47.5 Å². The zero-order valence-corrected chi connectivity index (χ0v) is 30.1. The van der Waals surface area contributed by atoms with E-state index < -0.39 is 95.9 Å². The minimum absolute atomic E-state index is 0.0586. The molecule has 288 valence electrons. The third kappa shape index (κ3) is 9.57. The summed E-state index contributed by atoms with van der Waals surface area (Å²) < 4.78 is 33.9. The molecule has 0 aliphatic carbocycles. The third-order valence-electron chi connectivity index (χ3n) is 10.2. The van der Waals surface area contributed by atoms with Crippen LogP contribution < -0.4 is 16.0 Å². The fourth-order valence-electron chi connectivity index (χ4n) is 7.49. The van der Waals surface area contributed by atoms with Crippen molar-refractivity contribution in [3.63, 3.8) is 0 Å². The van der Waals surface area contributed by atoms with E-state index in [0.29, 0.717) is 38.2 Å². The lowest BCUT2D eigenvalue weighted by Crippen LogP contribution is -2.60. The zero-order valence-electron chi connectivity index (χ0n) is 30.1. The van der Waals surface area contributed by atoms with Gasteiger partial charge in [-0.3, -0.25) is 28.8 Å². The molecular formula is C37H48F2N6O8. The Balaban J connectivity index is 1.45. The lowest BCUT2D eigenvalue weighted by molar-refractivity contribution is -0.158. The summed E-state index contributed by atoms with van der Waals surface area (Å²) in [6.07, 6.45) is 7.28. The number of carbonyl (C=O) groups excluding carboxylic acids is 7. The summed E-state index contributed by atoms with van der Waals surface area (Å²) in [7, 11) is 0. The Kier molecular flexibility index (Phi) is 13.2. The number of ether oxygens (including phenoxy) is 1. The van der Waals surface area contributed by atoms with Crippen molar-refractivity contribution in [1.29, 1.82) is 0 Å². The second-order valence-electron chi connectivity index (χ2n) is 14.1. The van der Waals surface area contributed by atoms with E-state index in [1.165, 1.54) is 27.7 Å². The first-order valence-electron chi connectivity index (χ1n) is 18.5. The Bertz CT molecular complexity index is 1600. The minimum atomic E-state index is -1.54. The molecule has 4 fully saturated rings. The molecule has 3 N–H and O–H groups in total. The van der Waals surface area contributed by atoms with Crippen molar-refractivity contribution in [3.8, 4) is 0 Å². The number of esters is 1. The van der Waals surface area contributed by atoms with Crippen LogP contribution in [0, 0.1) is 11.6 Å². The van der Waals surface area contributed by atoms with Crippen LogP contribution in [0.5, 0.6) is 0 Å². The predicted molar refractivity (Wildman–Crippen MR) is 185 cm³/mol. The van der Waals surface area contributed by atoms with Gasteiger partial charge in [0.1, 0.15) is 54.5 Å². The average molecular weight is 743 g/mol. The van der Waals surface area contributed by atoms with Crippen LogP contribution >= 0.6 is 0 Å². The smallest absolute Gasteiger partial charge is 0.328 e. The van der Waals surface area contributed by atoms with E-state index >= 15 is 0 Å². The highest BCUT2D eigenvalue weighted by atomic mass is 19.1. The largest absolute Gasteiger partial charge is 0.461 e. The third-order valence-corrected chi connectivity index (χ3v) is 10.2. The van der Waals surface area contributed by atoms with Gasteiger partial charge in [0.2, 0.25) is 35.4 Å². The molecule has 0 radical (unpaired) electrons. The number of benzene rings is 1. The molecule has 4 aliphatic heterocycles. The van der Waals surface area contributed by atoms with Crippen LogP contribution in [0.25, 0.3) is 0 Å². The van der Waals surface area contributed by atoms with E-state index in [9.17, 15) is 42.3 Å². The molecule has 53 heavy (non-hydrogen) atoms. The summed E-state index contributed by atoms with van der Waals surface area (Å²) in [4.78, 5) is 99.5. The Hall–Kier alpha value is -4.89. The van der Waals surface area contributed by atoms with Crippen molar-refractivity contribution < 1.29 is 47.1 Å². The van der Waals surface area contributed by atoms with E-state index in [2.05, 4.69) is 16.0 Å². The summed E-state index contributed by atoms with van der Waals surface area (Å²) >= 11 is 0. The topological polar surface area (TPSA) is 175 Å². The maximum Gasteiger partial charge on any atom is 0.328 e. The number of rotatable bonds is 9. The standard InChI is InChI=1S/C37H48F2N6O8/c1-3-4-5-6-13-31(46)41-26(19-23-17-24(38)20-25(39)18-23)32(47)42-27-21-53-37(52)30-12-9-16-45(30)34(49)22(2)40-33(48)28-10-7-14-43(28)36(51)29-11-8-15-44(29)35(27)50/h6,13,17-18,20,22,26-30H,3-5,7-12,14-16,19,21H2,1-2H3,(H,40,48)(H,41,46)(H,42,47)/t22-,26-,27-,28-,29-,30-/m0/s1. The summed E-state index contributed by atoms with van der Waals surface area (Å²) in [6.45, 7) is 3.50. The second-order valence-corrected chi connectivity index (χ2v) is 14.1. The highest BCUT2D eigenvalue weighted by molar-refractivity contribution is 5.98. The molecule has 0 spiro atoms. The molecule has 0 saturated carbocycles. The predicted octanol–water partition coefficient (Wildman–Crippen LogP) is 1.26. The first-order chi connectivity index (χ1) is 25.4. The average Bonchev–Trinajstić information content (AvgIpc) is 3.91. The SMILES string of the molecule is CCCCC=CC(=O)N[C@@H](Cc1cc(F)cc(F)c1)C(=O)N[C@H]1COC(=O)[C@@H]2CCCN2C(=O)[C@H](C)NC(=O)[C@@H]2CCCN2C(=O)[C@@H]2CCCN2C1=O. The Morgan fingerprint density at radius 2 is 1.49 bits per heavy atom. The molecule has 0 unspecified atom stereocenters. The van der Waals surface area contributed by atoms with Crippen LogP contribution in [0.1, 0.15) is 77.2 Å². The Morgan fingerprint density at radius 3 is 2.15 bits per heavy atom. The molecule has 4 heterocycles. The summed E-state index contributed by atoms with van der Waals surface area (Å²) in [5, 5.41) is 7.84. The van der Waals surface area contributed by atoms with Crippen LogP contribution in [0.4, 0.5) is 8.78 Å². The van der Waals surface area contributed by atoms with Crippen LogP contribution in [0.3, 0.4) is 0 Å². The van der Waals surface area contributed by atoms with E-state index in [0.717, 1.165) is 25.0 Å². The molecule has 0 aromatic heterocycles. The molecule has 5 rings (SSSR count). The number of halogens is 2. The number of amides is 6. The minimum Gasteiger partial charge on any atom is -0.461 e. The summed E-state index contributed by atoms with van der Waals surface area (Å²) in [5.74, 6) is -6.34. The quantitative estimate of drug-likeness (QED) is 0.193. The van der Waals surface area contributed by atoms with Gasteiger partial charge in [-0.1, -0.05) is 25.8 Å². The van der Waals surface area contributed by atoms with Gasteiger partial charge in [0, 0.05) is 32.1 Å². The van der Waals surface area contributed by atoms with Gasteiger partial charge in [0.25, 0.3) is 0 Å². The molecule has 0 bridgehead atoms. The van der Waals surface area contributed by atoms with Crippen molar-refractivity contribution in [2.24, 2.45) is 0 Å². The maximum atomic E-state index is 14.3. The molecule has 1 aromatic rings. The number of allylic oxidation sites excluding steroid dienone is 1. The van der Waals surface area contributed by atoms with E-state index in [-0.39, 0.29) is 44.5 Å². The fraction of sp³-hybridized carbons (Fsp3) is 0.595. The van der Waals surface area contributed by atoms with Crippen LogP contribution in [-0.2, 0) is 44.7 Å². The van der Waals surface area contributed by atoms with Crippen molar-refractivity contribution in [2.45, 2.75) is 114 Å². The number of hydrogen-bond acceptors (Lipinski definition) is 8. The maximum absolute atomic E-state index is 14.3. The Morgan fingerprint density at radius 1 is 0.887 bits per heavy atom. The normalized spacial score (nSPS) is 26.2. The van der Waals surface area contributed by atoms with Crippen LogP contribution in [0.2, 0.25) is 0 Å². The molecule has 16 heteroatoms. The van der Waals surface area contributed by atoms with Gasteiger partial charge in [0.15, 0.2) is 0 Å². The van der Waals surface area contributed by atoms with Gasteiger partial charge in [-0.05, 0) is 75.6 Å². The number of fused-ring (bicyclic) bond motifs is 3. The van der Waals surface area contributed by atoms with Crippen LogP contribution in [-0.4, -0.2) is 119 Å². The number of unbranched alkanes of at least 4 members (excludes halogenated alkanes) is 2. The number of carbonyl (C=O) groups is 7. The first kappa shape index (κ1) is 39.3. The molecule has 14 nitrogen and oxygen atoms in total. The van der Waals surface area contributed by atoms with Gasteiger partial charge >= 0.3 is 5.97 Å². The van der Waals surface area contributed by atoms with Crippen molar-refractivity contribution in [2.75, 3.05) is 26.2 Å². The molecule has 4 saturated heterocycles. The van der Waals surface area contributed by atoms with Gasteiger partial charge < -0.3 is 35.4 Å². The fourth-order valence-corrected chi connectivity index (χ4v) is 7.49. The highest BCUT2D eigenvalue weighted by Gasteiger charge is 2.45. The second kappa shape index (κ2) is 17.8. The monoisotopic (exact) mass is 742 g/mol. The molecule has 1 aromatic carbocycles. The number of nitrogens with one attached hydrogen (secondary N) is 3. The zero-order chi connectivity index (χ0) is 38.2. The number of nitrogens with zero attached hydrogens (tertiary/aromatic N) is 3. The Labute approximate surface area is 307 Å². The van der Waals surface area contributed by atoms with Crippen LogP contribution in [0.15, 0.2) is 30.4 Å². The van der Waals surface area contributed by atoms with Crippen molar-refractivity contribution >= 4 is 41.4 Å². The molecule has 6 amide bonds. The summed E-state index contributed by atoms with van der Waals surface area (Å²) in [5.41, 5.74) is 0.0586. The lowest BCUT2D eigenvalue weighted by Gasteiger charge is -2.34. The van der Waals surface area contributed by atoms with E-state index in [1.54, 1.807) is 6.08 Å². The van der Waals surface area contributed by atoms with Gasteiger partial charge in [-0.15, -0.1) is 0 Å². The highest BCUT2D eigenvalue weighted by Crippen LogP contribution is 2.27. The lowest BCUT2D eigenvalue weighted by atomic mass is 10.0. The van der Waals surface area contributed by atoms with Crippen molar-refractivity contribution in [1.82, 2.24) is 30.7 Å². The summed E-state index contributed by atoms with van der Waals surface area (Å²) in [6, 6.07) is -4.07. The van der Waals surface area contributed by atoms with Gasteiger partial charge in [-0.2, -0.15) is 0 Å². The number of cyclic esters (lactones) is 1. The molecule has 6 atom stereocenters. The molecule has 4 aliphatic rings. The van der Waals surface area contributed by atoms with E-state index in [1.807, 2.05) is 6.92 Å². The van der Waals surface area contributed by atoms with Gasteiger partial charge in [0.05, 0.1) is 0 Å². The first-order valence-corrected chi connectivity index (χ1v) is 18.5.